The van der Waals surface area contributed by atoms with Crippen LogP contribution in [0.2, 0.25) is 0 Å². The standard InChI is InChI=1S/C13H15N3O3/c1-18-7-6-15-9-16(8-12(15)17)13-14-10-4-2-3-5-11(10)19-13/h2-5H,6-9H2,1H3. The fourth-order valence-corrected chi connectivity index (χ4v) is 2.12. The van der Waals surface area contributed by atoms with E-state index in [1.165, 1.54) is 0 Å². The molecule has 6 nitrogen and oxygen atoms in total. The van der Waals surface area contributed by atoms with E-state index in [2.05, 4.69) is 4.98 Å². The highest BCUT2D eigenvalue weighted by Crippen LogP contribution is 2.23. The Morgan fingerprint density at radius 3 is 3.05 bits per heavy atom. The molecule has 0 bridgehead atoms. The maximum atomic E-state index is 11.8. The number of rotatable bonds is 4. The Labute approximate surface area is 110 Å². The molecule has 6 heteroatoms. The van der Waals surface area contributed by atoms with Crippen molar-refractivity contribution < 1.29 is 13.9 Å². The fraction of sp³-hybridized carbons (Fsp3) is 0.385. The summed E-state index contributed by atoms with van der Waals surface area (Å²) in [5.74, 6) is 0.0688. The SMILES string of the molecule is COCCN1CN(c2nc3ccccc3o2)CC1=O. The maximum Gasteiger partial charge on any atom is 0.300 e. The Bertz CT molecular complexity index is 563. The number of anilines is 1. The van der Waals surface area contributed by atoms with Gasteiger partial charge in [0.05, 0.1) is 13.3 Å². The Hall–Kier alpha value is -2.08. The molecule has 2 heterocycles. The van der Waals surface area contributed by atoms with Gasteiger partial charge in [0, 0.05) is 13.7 Å². The number of fused-ring (bicyclic) bond motifs is 1. The molecule has 1 saturated heterocycles. The number of methoxy groups -OCH3 is 1. The van der Waals surface area contributed by atoms with Crippen LogP contribution in [-0.2, 0) is 9.53 Å². The number of para-hydroxylation sites is 2. The number of aromatic nitrogens is 1. The molecule has 0 unspecified atom stereocenters. The molecule has 1 aliphatic rings. The van der Waals surface area contributed by atoms with Crippen molar-refractivity contribution in [3.8, 4) is 0 Å². The van der Waals surface area contributed by atoms with Crippen molar-refractivity contribution >= 4 is 23.0 Å². The minimum Gasteiger partial charge on any atom is -0.423 e. The zero-order valence-corrected chi connectivity index (χ0v) is 10.7. The van der Waals surface area contributed by atoms with Gasteiger partial charge < -0.3 is 14.1 Å². The topological polar surface area (TPSA) is 58.8 Å². The predicted octanol–water partition coefficient (Wildman–Crippen LogP) is 1.08. The Morgan fingerprint density at radius 2 is 2.26 bits per heavy atom. The second-order valence-corrected chi connectivity index (χ2v) is 4.45. The van der Waals surface area contributed by atoms with Crippen LogP contribution in [0.15, 0.2) is 28.7 Å². The zero-order chi connectivity index (χ0) is 13.2. The van der Waals surface area contributed by atoms with Crippen LogP contribution >= 0.6 is 0 Å². The Morgan fingerprint density at radius 1 is 1.42 bits per heavy atom. The summed E-state index contributed by atoms with van der Waals surface area (Å²) < 4.78 is 10.6. The molecule has 0 atom stereocenters. The van der Waals surface area contributed by atoms with Gasteiger partial charge >= 0.3 is 0 Å². The molecule has 1 fully saturated rings. The molecular formula is C13H15N3O3. The summed E-state index contributed by atoms with van der Waals surface area (Å²) in [7, 11) is 1.62. The van der Waals surface area contributed by atoms with Crippen molar-refractivity contribution in [2.75, 3.05) is 38.4 Å². The molecule has 0 spiro atoms. The first-order chi connectivity index (χ1) is 9.28. The number of hydrogen-bond donors (Lipinski definition) is 0. The lowest BCUT2D eigenvalue weighted by molar-refractivity contribution is -0.127. The molecule has 2 aromatic rings. The summed E-state index contributed by atoms with van der Waals surface area (Å²) >= 11 is 0. The highest BCUT2D eigenvalue weighted by atomic mass is 16.5. The smallest absolute Gasteiger partial charge is 0.300 e. The number of carbonyl (C=O) groups is 1. The van der Waals surface area contributed by atoms with Gasteiger partial charge in [0.2, 0.25) is 5.91 Å². The second-order valence-electron chi connectivity index (χ2n) is 4.45. The first-order valence-corrected chi connectivity index (χ1v) is 6.15. The number of amides is 1. The first-order valence-electron chi connectivity index (χ1n) is 6.15. The lowest BCUT2D eigenvalue weighted by Crippen LogP contribution is -2.30. The third kappa shape index (κ3) is 2.26. The maximum absolute atomic E-state index is 11.8. The number of ether oxygens (including phenoxy) is 1. The van der Waals surface area contributed by atoms with Crippen LogP contribution in [0.5, 0.6) is 0 Å². The summed E-state index contributed by atoms with van der Waals surface area (Å²) in [5, 5.41) is 0. The van der Waals surface area contributed by atoms with E-state index >= 15 is 0 Å². The van der Waals surface area contributed by atoms with Crippen molar-refractivity contribution in [1.29, 1.82) is 0 Å². The molecule has 0 N–H and O–H groups in total. The second kappa shape index (κ2) is 4.89. The average molecular weight is 261 g/mol. The lowest BCUT2D eigenvalue weighted by Gasteiger charge is -2.15. The Balaban J connectivity index is 1.78. The summed E-state index contributed by atoms with van der Waals surface area (Å²) in [4.78, 5) is 19.8. The number of hydrogen-bond acceptors (Lipinski definition) is 5. The first kappa shape index (κ1) is 12.0. The lowest BCUT2D eigenvalue weighted by atomic mass is 10.3. The molecule has 1 aliphatic heterocycles. The number of carbonyl (C=O) groups excluding carboxylic acids is 1. The van der Waals surface area contributed by atoms with E-state index in [1.807, 2.05) is 29.2 Å². The van der Waals surface area contributed by atoms with Crippen molar-refractivity contribution in [3.63, 3.8) is 0 Å². The van der Waals surface area contributed by atoms with Gasteiger partial charge in [-0.1, -0.05) is 12.1 Å². The minimum absolute atomic E-state index is 0.0688. The highest BCUT2D eigenvalue weighted by Gasteiger charge is 2.29. The van der Waals surface area contributed by atoms with Crippen molar-refractivity contribution in [3.05, 3.63) is 24.3 Å². The number of nitrogens with zero attached hydrogens (tertiary/aromatic N) is 3. The summed E-state index contributed by atoms with van der Waals surface area (Å²) in [6, 6.07) is 8.07. The molecule has 1 aromatic carbocycles. The number of benzene rings is 1. The van der Waals surface area contributed by atoms with Gasteiger partial charge in [-0.2, -0.15) is 4.98 Å². The molecular weight excluding hydrogens is 246 g/mol. The third-order valence-corrected chi connectivity index (χ3v) is 3.14. The van der Waals surface area contributed by atoms with E-state index in [1.54, 1.807) is 12.0 Å². The summed E-state index contributed by atoms with van der Waals surface area (Å²) in [5.41, 5.74) is 1.54. The van der Waals surface area contributed by atoms with Crippen LogP contribution in [0.1, 0.15) is 0 Å². The van der Waals surface area contributed by atoms with Gasteiger partial charge in [0.1, 0.15) is 12.1 Å². The normalized spacial score (nSPS) is 15.7. The van der Waals surface area contributed by atoms with Crippen LogP contribution in [0.25, 0.3) is 11.1 Å². The third-order valence-electron chi connectivity index (χ3n) is 3.14. The van der Waals surface area contributed by atoms with Gasteiger partial charge in [-0.15, -0.1) is 0 Å². The number of oxazole rings is 1. The minimum atomic E-state index is 0.0688. The zero-order valence-electron chi connectivity index (χ0n) is 10.7. The van der Waals surface area contributed by atoms with E-state index < -0.39 is 0 Å². The quantitative estimate of drug-likeness (QED) is 0.824. The van der Waals surface area contributed by atoms with E-state index in [-0.39, 0.29) is 5.91 Å². The van der Waals surface area contributed by atoms with E-state index in [9.17, 15) is 4.79 Å². The molecule has 3 rings (SSSR count). The molecule has 1 aromatic heterocycles. The molecule has 19 heavy (non-hydrogen) atoms. The van der Waals surface area contributed by atoms with E-state index in [4.69, 9.17) is 9.15 Å². The molecule has 0 radical (unpaired) electrons. The fourth-order valence-electron chi connectivity index (χ4n) is 2.12. The molecule has 100 valence electrons. The van der Waals surface area contributed by atoms with Gasteiger partial charge in [0.15, 0.2) is 5.58 Å². The highest BCUT2D eigenvalue weighted by molar-refractivity contribution is 5.84. The summed E-state index contributed by atoms with van der Waals surface area (Å²) in [6.07, 6.45) is 0. The van der Waals surface area contributed by atoms with Gasteiger partial charge in [0.25, 0.3) is 6.01 Å². The van der Waals surface area contributed by atoms with Crippen LogP contribution in [0.3, 0.4) is 0 Å². The van der Waals surface area contributed by atoms with Crippen molar-refractivity contribution in [1.82, 2.24) is 9.88 Å². The van der Waals surface area contributed by atoms with Crippen LogP contribution < -0.4 is 4.90 Å². The largest absolute Gasteiger partial charge is 0.423 e. The van der Waals surface area contributed by atoms with E-state index in [0.717, 1.165) is 11.1 Å². The van der Waals surface area contributed by atoms with Crippen LogP contribution in [0.4, 0.5) is 6.01 Å². The van der Waals surface area contributed by atoms with Gasteiger partial charge in [-0.3, -0.25) is 9.69 Å². The van der Waals surface area contributed by atoms with E-state index in [0.29, 0.717) is 32.4 Å². The van der Waals surface area contributed by atoms with Crippen LogP contribution in [0, 0.1) is 0 Å². The molecule has 0 aliphatic carbocycles. The van der Waals surface area contributed by atoms with Gasteiger partial charge in [-0.25, -0.2) is 0 Å². The summed E-state index contributed by atoms with van der Waals surface area (Å²) in [6.45, 7) is 1.92. The molecule has 0 saturated carbocycles. The molecule has 1 amide bonds. The van der Waals surface area contributed by atoms with Crippen molar-refractivity contribution in [2.45, 2.75) is 0 Å². The predicted molar refractivity (Wildman–Crippen MR) is 69.8 cm³/mol. The Kier molecular flexibility index (Phi) is 3.08. The van der Waals surface area contributed by atoms with Crippen LogP contribution in [-0.4, -0.2) is 49.3 Å². The van der Waals surface area contributed by atoms with Gasteiger partial charge in [-0.05, 0) is 12.1 Å². The monoisotopic (exact) mass is 261 g/mol. The average Bonchev–Trinajstić information content (AvgIpc) is 2.99. The van der Waals surface area contributed by atoms with Crippen molar-refractivity contribution in [2.24, 2.45) is 0 Å².